The minimum atomic E-state index is -1.60. The van der Waals surface area contributed by atoms with E-state index in [2.05, 4.69) is 16.2 Å². The van der Waals surface area contributed by atoms with Crippen molar-refractivity contribution in [1.82, 2.24) is 14.6 Å². The van der Waals surface area contributed by atoms with Crippen molar-refractivity contribution in [3.05, 3.63) is 24.2 Å². The van der Waals surface area contributed by atoms with Crippen LogP contribution in [0.5, 0.6) is 0 Å². The van der Waals surface area contributed by atoms with Crippen molar-refractivity contribution in [2.45, 2.75) is 69.9 Å². The number of fused-ring (bicyclic) bond motifs is 2. The molecular weight excluding hydrogens is 406 g/mol. The Labute approximate surface area is 179 Å². The molecule has 0 unspecified atom stereocenters. The van der Waals surface area contributed by atoms with Gasteiger partial charge >= 0.3 is 6.16 Å². The van der Waals surface area contributed by atoms with Crippen molar-refractivity contribution >= 4 is 17.5 Å². The summed E-state index contributed by atoms with van der Waals surface area (Å²) in [5.41, 5.74) is 5.55. The summed E-state index contributed by atoms with van der Waals surface area (Å²) >= 11 is 0. The third-order valence-corrected chi connectivity index (χ3v) is 5.49. The van der Waals surface area contributed by atoms with Gasteiger partial charge in [-0.2, -0.15) is 10.4 Å². The van der Waals surface area contributed by atoms with Gasteiger partial charge in [0.05, 0.1) is 5.69 Å². The Morgan fingerprint density at radius 3 is 2.87 bits per heavy atom. The average Bonchev–Trinajstić information content (AvgIpc) is 3.37. The summed E-state index contributed by atoms with van der Waals surface area (Å²) in [6.07, 6.45) is -1.38. The number of nitriles is 1. The zero-order valence-corrected chi connectivity index (χ0v) is 17.8. The number of hydrogen-bond donors (Lipinski definition) is 1. The first kappa shape index (κ1) is 21.3. The van der Waals surface area contributed by atoms with Gasteiger partial charge < -0.3 is 29.4 Å². The Kier molecular flexibility index (Phi) is 5.25. The first-order chi connectivity index (χ1) is 14.7. The highest BCUT2D eigenvalue weighted by Crippen LogP contribution is 2.50. The summed E-state index contributed by atoms with van der Waals surface area (Å²) < 4.78 is 30.2. The average molecular weight is 431 g/mol. The molecule has 2 aromatic rings. The van der Waals surface area contributed by atoms with Crippen molar-refractivity contribution in [3.8, 4) is 6.07 Å². The monoisotopic (exact) mass is 431 g/mol. The molecule has 4 heterocycles. The second-order valence-electron chi connectivity index (χ2n) is 8.14. The van der Waals surface area contributed by atoms with E-state index in [0.29, 0.717) is 23.4 Å². The van der Waals surface area contributed by atoms with Gasteiger partial charge in [-0.1, -0.05) is 6.92 Å². The van der Waals surface area contributed by atoms with Crippen LogP contribution in [0.4, 0.5) is 10.6 Å². The van der Waals surface area contributed by atoms with Crippen molar-refractivity contribution in [3.63, 3.8) is 0 Å². The van der Waals surface area contributed by atoms with E-state index in [9.17, 15) is 10.1 Å². The van der Waals surface area contributed by atoms with Gasteiger partial charge in [-0.05, 0) is 39.3 Å². The van der Waals surface area contributed by atoms with Crippen LogP contribution in [-0.4, -0.2) is 57.1 Å². The number of nitrogen functional groups attached to an aromatic ring is 1. The molecule has 5 atom stereocenters. The van der Waals surface area contributed by atoms with Gasteiger partial charge in [0, 0.05) is 0 Å². The van der Waals surface area contributed by atoms with E-state index >= 15 is 0 Å². The van der Waals surface area contributed by atoms with Crippen LogP contribution in [0.15, 0.2) is 18.5 Å². The normalized spacial score (nSPS) is 30.0. The molecule has 11 heteroatoms. The summed E-state index contributed by atoms with van der Waals surface area (Å²) in [4.78, 5) is 16.0. The van der Waals surface area contributed by atoms with Gasteiger partial charge in [0.2, 0.25) is 5.60 Å². The lowest BCUT2D eigenvalue weighted by molar-refractivity contribution is -0.205. The Morgan fingerprint density at radius 2 is 2.16 bits per heavy atom. The minimum absolute atomic E-state index is 0.308. The number of aromatic nitrogens is 3. The van der Waals surface area contributed by atoms with E-state index in [-0.39, 0.29) is 12.7 Å². The highest BCUT2D eigenvalue weighted by molar-refractivity contribution is 5.65. The Balaban J connectivity index is 1.65. The van der Waals surface area contributed by atoms with Gasteiger partial charge in [-0.25, -0.2) is 14.3 Å². The molecule has 2 fully saturated rings. The maximum atomic E-state index is 12.1. The number of carbonyl (C=O) groups is 1. The fourth-order valence-corrected chi connectivity index (χ4v) is 3.84. The van der Waals surface area contributed by atoms with Gasteiger partial charge in [0.25, 0.3) is 0 Å². The summed E-state index contributed by atoms with van der Waals surface area (Å²) in [5.74, 6) is -0.653. The molecule has 0 amide bonds. The first-order valence-corrected chi connectivity index (χ1v) is 10.1. The molecule has 0 aromatic carbocycles. The summed E-state index contributed by atoms with van der Waals surface area (Å²) in [6.45, 7) is 6.75. The first-order valence-electron chi connectivity index (χ1n) is 10.1. The number of anilines is 1. The summed E-state index contributed by atoms with van der Waals surface area (Å²) in [5, 5.41) is 14.3. The van der Waals surface area contributed by atoms with Crippen LogP contribution in [0.25, 0.3) is 5.52 Å². The van der Waals surface area contributed by atoms with Crippen LogP contribution < -0.4 is 5.73 Å². The standard InChI is InChI=1S/C20H25N5O6/c1-5-11(2)28-18(26)27-9-20(8-21)16-15(29-19(3,4)31-16)14(30-20)12-6-7-13-17(22)23-10-24-25(12)13/h6-7,10-11,14-16H,5,9H2,1-4H3,(H2,22,23,24)/t11-,14+,15+,16+,20-/m1/s1. The predicted molar refractivity (Wildman–Crippen MR) is 106 cm³/mol. The summed E-state index contributed by atoms with van der Waals surface area (Å²) in [7, 11) is 0. The van der Waals surface area contributed by atoms with Crippen LogP contribution >= 0.6 is 0 Å². The predicted octanol–water partition coefficient (Wildman–Crippen LogP) is 2.12. The lowest BCUT2D eigenvalue weighted by Gasteiger charge is -2.28. The van der Waals surface area contributed by atoms with E-state index < -0.39 is 35.9 Å². The van der Waals surface area contributed by atoms with Crippen LogP contribution in [0, 0.1) is 11.3 Å². The topological polar surface area (TPSA) is 143 Å². The molecule has 0 radical (unpaired) electrons. The molecule has 0 saturated carbocycles. The Morgan fingerprint density at radius 1 is 1.39 bits per heavy atom. The number of nitrogens with zero attached hydrogens (tertiary/aromatic N) is 4. The zero-order valence-electron chi connectivity index (χ0n) is 17.8. The number of ether oxygens (including phenoxy) is 5. The highest BCUT2D eigenvalue weighted by Gasteiger charge is 2.65. The van der Waals surface area contributed by atoms with E-state index in [4.69, 9.17) is 29.4 Å². The second-order valence-corrected chi connectivity index (χ2v) is 8.14. The number of carbonyl (C=O) groups excluding carboxylic acids is 1. The minimum Gasteiger partial charge on any atom is -0.431 e. The molecule has 2 aliphatic rings. The van der Waals surface area contributed by atoms with Gasteiger partial charge in [-0.15, -0.1) is 0 Å². The van der Waals surface area contributed by atoms with E-state index in [0.717, 1.165) is 0 Å². The number of nitrogens with two attached hydrogens (primary N) is 1. The second kappa shape index (κ2) is 7.64. The lowest BCUT2D eigenvalue weighted by Crippen LogP contribution is -2.46. The van der Waals surface area contributed by atoms with E-state index in [1.807, 2.05) is 6.92 Å². The van der Waals surface area contributed by atoms with Gasteiger partial charge in [0.15, 0.2) is 11.6 Å². The smallest absolute Gasteiger partial charge is 0.431 e. The molecule has 2 aliphatic heterocycles. The maximum absolute atomic E-state index is 12.1. The third kappa shape index (κ3) is 3.67. The largest absolute Gasteiger partial charge is 0.508 e. The van der Waals surface area contributed by atoms with Crippen LogP contribution in [0.3, 0.4) is 0 Å². The molecular formula is C20H25N5O6. The molecule has 31 heavy (non-hydrogen) atoms. The van der Waals surface area contributed by atoms with Gasteiger partial charge in [0.1, 0.15) is 48.9 Å². The Bertz CT molecular complexity index is 1030. The fourth-order valence-electron chi connectivity index (χ4n) is 3.84. The fraction of sp³-hybridized carbons (Fsp3) is 0.600. The van der Waals surface area contributed by atoms with Crippen molar-refractivity contribution in [1.29, 1.82) is 5.26 Å². The molecule has 166 valence electrons. The van der Waals surface area contributed by atoms with Crippen LogP contribution in [-0.2, 0) is 23.7 Å². The van der Waals surface area contributed by atoms with Gasteiger partial charge in [-0.3, -0.25) is 0 Å². The lowest BCUT2D eigenvalue weighted by atomic mass is 9.96. The van der Waals surface area contributed by atoms with Crippen molar-refractivity contribution < 1.29 is 28.5 Å². The molecule has 2 saturated heterocycles. The molecule has 2 aromatic heterocycles. The molecule has 0 aliphatic carbocycles. The number of rotatable bonds is 5. The Hall–Kier alpha value is -2.94. The SMILES string of the molecule is CC[C@@H](C)OC(=O)OC[C@@]1(C#N)O[C@@H](c2ccc3c(N)ncnn23)[C@@H]2OC(C)(C)O[C@@H]21. The molecule has 0 bridgehead atoms. The number of hydrogen-bond acceptors (Lipinski definition) is 10. The zero-order chi connectivity index (χ0) is 22.4. The molecule has 11 nitrogen and oxygen atoms in total. The van der Waals surface area contributed by atoms with Crippen molar-refractivity contribution in [2.24, 2.45) is 0 Å². The van der Waals surface area contributed by atoms with Crippen molar-refractivity contribution in [2.75, 3.05) is 12.3 Å². The highest BCUT2D eigenvalue weighted by atomic mass is 16.8. The summed E-state index contributed by atoms with van der Waals surface area (Å²) in [6, 6.07) is 5.67. The van der Waals surface area contributed by atoms with E-state index in [1.54, 1.807) is 37.4 Å². The third-order valence-electron chi connectivity index (χ3n) is 5.49. The quantitative estimate of drug-likeness (QED) is 0.699. The van der Waals surface area contributed by atoms with E-state index in [1.165, 1.54) is 6.33 Å². The molecule has 2 N–H and O–H groups in total. The molecule has 0 spiro atoms. The van der Waals surface area contributed by atoms with Crippen LogP contribution in [0.2, 0.25) is 0 Å². The van der Waals surface area contributed by atoms with Crippen LogP contribution in [0.1, 0.15) is 45.9 Å². The maximum Gasteiger partial charge on any atom is 0.508 e. The molecule has 4 rings (SSSR count).